The first kappa shape index (κ1) is 12.5. The number of rotatable bonds is 5. The molecule has 0 bridgehead atoms. The fourth-order valence-corrected chi connectivity index (χ4v) is 1.67. The highest BCUT2D eigenvalue weighted by Crippen LogP contribution is 2.20. The van der Waals surface area contributed by atoms with E-state index >= 15 is 0 Å². The first-order chi connectivity index (χ1) is 7.72. The summed E-state index contributed by atoms with van der Waals surface area (Å²) >= 11 is 0. The van der Waals surface area contributed by atoms with Crippen LogP contribution in [0.4, 0.5) is 5.69 Å². The van der Waals surface area contributed by atoms with Gasteiger partial charge >= 0.3 is 0 Å². The van der Waals surface area contributed by atoms with E-state index in [0.29, 0.717) is 6.61 Å². The van der Waals surface area contributed by atoms with Gasteiger partial charge in [-0.3, -0.25) is 0 Å². The van der Waals surface area contributed by atoms with Gasteiger partial charge in [0, 0.05) is 20.2 Å². The van der Waals surface area contributed by atoms with E-state index in [4.69, 9.17) is 10.00 Å². The van der Waals surface area contributed by atoms with Gasteiger partial charge in [0.1, 0.15) is 6.07 Å². The standard InChI is InChI=1S/C13H18N2O/c1-4-15(7-8-16-3)13-6-5-11(2)9-12(13)10-14/h5-6,9H,4,7-8H2,1-3H3. The Bertz CT molecular complexity index is 382. The van der Waals surface area contributed by atoms with Crippen molar-refractivity contribution in [2.45, 2.75) is 13.8 Å². The molecule has 3 nitrogen and oxygen atoms in total. The highest BCUT2D eigenvalue weighted by molar-refractivity contribution is 5.60. The molecule has 1 aromatic rings. The van der Waals surface area contributed by atoms with Crippen LogP contribution in [0.5, 0.6) is 0 Å². The normalized spacial score (nSPS) is 9.88. The average molecular weight is 218 g/mol. The zero-order valence-corrected chi connectivity index (χ0v) is 10.2. The molecule has 0 unspecified atom stereocenters. The number of hydrogen-bond acceptors (Lipinski definition) is 3. The predicted molar refractivity (Wildman–Crippen MR) is 65.7 cm³/mol. The number of aryl methyl sites for hydroxylation is 1. The van der Waals surface area contributed by atoms with Crippen LogP contribution in [0.25, 0.3) is 0 Å². The Labute approximate surface area is 97.3 Å². The van der Waals surface area contributed by atoms with Crippen LogP contribution in [-0.2, 0) is 4.74 Å². The number of methoxy groups -OCH3 is 1. The van der Waals surface area contributed by atoms with E-state index in [0.717, 1.165) is 29.9 Å². The summed E-state index contributed by atoms with van der Waals surface area (Å²) in [7, 11) is 1.69. The van der Waals surface area contributed by atoms with Crippen LogP contribution in [0.1, 0.15) is 18.1 Å². The van der Waals surface area contributed by atoms with E-state index in [1.165, 1.54) is 0 Å². The molecule has 0 aliphatic carbocycles. The molecule has 3 heteroatoms. The van der Waals surface area contributed by atoms with E-state index in [1.54, 1.807) is 7.11 Å². The molecule has 0 aromatic heterocycles. The third kappa shape index (κ3) is 2.98. The lowest BCUT2D eigenvalue weighted by Gasteiger charge is -2.23. The Kier molecular flexibility index (Phi) is 4.81. The lowest BCUT2D eigenvalue weighted by atomic mass is 10.1. The van der Waals surface area contributed by atoms with Crippen molar-refractivity contribution in [1.29, 1.82) is 5.26 Å². The zero-order valence-electron chi connectivity index (χ0n) is 10.2. The van der Waals surface area contributed by atoms with Crippen LogP contribution in [0.3, 0.4) is 0 Å². The Balaban J connectivity index is 2.96. The Morgan fingerprint density at radius 1 is 1.44 bits per heavy atom. The summed E-state index contributed by atoms with van der Waals surface area (Å²) in [6.07, 6.45) is 0. The number of benzene rings is 1. The number of nitriles is 1. The maximum Gasteiger partial charge on any atom is 0.101 e. The van der Waals surface area contributed by atoms with E-state index in [-0.39, 0.29) is 0 Å². The van der Waals surface area contributed by atoms with Gasteiger partial charge in [0.15, 0.2) is 0 Å². The molecule has 0 heterocycles. The van der Waals surface area contributed by atoms with Crippen LogP contribution in [-0.4, -0.2) is 26.8 Å². The highest BCUT2D eigenvalue weighted by Gasteiger charge is 2.09. The van der Waals surface area contributed by atoms with E-state index in [9.17, 15) is 0 Å². The average Bonchev–Trinajstić information content (AvgIpc) is 2.31. The van der Waals surface area contributed by atoms with Crippen LogP contribution in [0.2, 0.25) is 0 Å². The summed E-state index contributed by atoms with van der Waals surface area (Å²) in [6.45, 7) is 6.44. The van der Waals surface area contributed by atoms with Crippen molar-refractivity contribution in [3.63, 3.8) is 0 Å². The number of anilines is 1. The van der Waals surface area contributed by atoms with Gasteiger partial charge in [-0.15, -0.1) is 0 Å². The monoisotopic (exact) mass is 218 g/mol. The third-order valence-corrected chi connectivity index (χ3v) is 2.56. The minimum Gasteiger partial charge on any atom is -0.383 e. The number of hydrogen-bond donors (Lipinski definition) is 0. The van der Waals surface area contributed by atoms with E-state index in [1.807, 2.05) is 25.1 Å². The van der Waals surface area contributed by atoms with Crippen molar-refractivity contribution in [3.05, 3.63) is 29.3 Å². The summed E-state index contributed by atoms with van der Waals surface area (Å²) in [5.41, 5.74) is 2.84. The molecule has 0 aliphatic heterocycles. The first-order valence-corrected chi connectivity index (χ1v) is 5.47. The Hall–Kier alpha value is -1.53. The first-order valence-electron chi connectivity index (χ1n) is 5.47. The number of likely N-dealkylation sites (N-methyl/N-ethyl adjacent to an activating group) is 1. The molecule has 0 aliphatic rings. The highest BCUT2D eigenvalue weighted by atomic mass is 16.5. The fourth-order valence-electron chi connectivity index (χ4n) is 1.67. The molecule has 86 valence electrons. The molecule has 0 atom stereocenters. The second kappa shape index (κ2) is 6.14. The van der Waals surface area contributed by atoms with Crippen LogP contribution < -0.4 is 4.90 Å². The van der Waals surface area contributed by atoms with Crippen LogP contribution in [0.15, 0.2) is 18.2 Å². The molecule has 0 saturated carbocycles. The molecule has 0 spiro atoms. The van der Waals surface area contributed by atoms with Gasteiger partial charge < -0.3 is 9.64 Å². The number of nitrogens with zero attached hydrogens (tertiary/aromatic N) is 2. The van der Waals surface area contributed by atoms with E-state index < -0.39 is 0 Å². The van der Waals surface area contributed by atoms with Crippen molar-refractivity contribution in [2.75, 3.05) is 31.7 Å². The topological polar surface area (TPSA) is 36.3 Å². The van der Waals surface area contributed by atoms with Gasteiger partial charge in [0.2, 0.25) is 0 Å². The smallest absolute Gasteiger partial charge is 0.101 e. The van der Waals surface area contributed by atoms with Crippen molar-refractivity contribution in [2.24, 2.45) is 0 Å². The molecule has 0 saturated heterocycles. The molecular formula is C13H18N2O. The molecule has 16 heavy (non-hydrogen) atoms. The maximum atomic E-state index is 9.10. The zero-order chi connectivity index (χ0) is 12.0. The Morgan fingerprint density at radius 3 is 2.75 bits per heavy atom. The SMILES string of the molecule is CCN(CCOC)c1ccc(C)cc1C#N. The summed E-state index contributed by atoms with van der Waals surface area (Å²) in [5, 5.41) is 9.10. The van der Waals surface area contributed by atoms with Gasteiger partial charge in [-0.1, -0.05) is 6.07 Å². The van der Waals surface area contributed by atoms with Crippen molar-refractivity contribution >= 4 is 5.69 Å². The fraction of sp³-hybridized carbons (Fsp3) is 0.462. The molecular weight excluding hydrogens is 200 g/mol. The largest absolute Gasteiger partial charge is 0.383 e. The summed E-state index contributed by atoms with van der Waals surface area (Å²) in [4.78, 5) is 2.15. The quantitative estimate of drug-likeness (QED) is 0.761. The van der Waals surface area contributed by atoms with Gasteiger partial charge in [-0.05, 0) is 31.5 Å². The van der Waals surface area contributed by atoms with Crippen molar-refractivity contribution < 1.29 is 4.74 Å². The molecule has 0 N–H and O–H groups in total. The van der Waals surface area contributed by atoms with Gasteiger partial charge in [0.25, 0.3) is 0 Å². The second-order valence-electron chi connectivity index (χ2n) is 3.70. The van der Waals surface area contributed by atoms with Crippen LogP contribution in [0, 0.1) is 18.3 Å². The minimum absolute atomic E-state index is 0.673. The molecule has 1 rings (SSSR count). The lowest BCUT2D eigenvalue weighted by Crippen LogP contribution is -2.27. The summed E-state index contributed by atoms with van der Waals surface area (Å²) < 4.78 is 5.07. The molecule has 0 fully saturated rings. The lowest BCUT2D eigenvalue weighted by molar-refractivity contribution is 0.205. The molecule has 0 amide bonds. The van der Waals surface area contributed by atoms with Gasteiger partial charge in [-0.2, -0.15) is 5.26 Å². The predicted octanol–water partition coefficient (Wildman–Crippen LogP) is 2.34. The van der Waals surface area contributed by atoms with Gasteiger partial charge in [0.05, 0.1) is 17.9 Å². The molecule has 1 aromatic carbocycles. The van der Waals surface area contributed by atoms with Crippen LogP contribution >= 0.6 is 0 Å². The van der Waals surface area contributed by atoms with Crippen molar-refractivity contribution in [1.82, 2.24) is 0 Å². The van der Waals surface area contributed by atoms with E-state index in [2.05, 4.69) is 17.9 Å². The minimum atomic E-state index is 0.673. The summed E-state index contributed by atoms with van der Waals surface area (Å²) in [6, 6.07) is 8.21. The Morgan fingerprint density at radius 2 is 2.19 bits per heavy atom. The third-order valence-electron chi connectivity index (χ3n) is 2.56. The van der Waals surface area contributed by atoms with Gasteiger partial charge in [-0.25, -0.2) is 0 Å². The van der Waals surface area contributed by atoms with Crippen molar-refractivity contribution in [3.8, 4) is 6.07 Å². The second-order valence-corrected chi connectivity index (χ2v) is 3.70. The molecule has 0 radical (unpaired) electrons. The maximum absolute atomic E-state index is 9.10. The number of ether oxygens (including phenoxy) is 1. The summed E-state index contributed by atoms with van der Waals surface area (Å²) in [5.74, 6) is 0.